The summed E-state index contributed by atoms with van der Waals surface area (Å²) in [5, 5.41) is 8.77. The van der Waals surface area contributed by atoms with E-state index in [1.807, 2.05) is 0 Å². The second-order valence-corrected chi connectivity index (χ2v) is 6.14. The number of carboxylic acids is 1. The van der Waals surface area contributed by atoms with Crippen LogP contribution in [0, 0.1) is 5.82 Å². The summed E-state index contributed by atoms with van der Waals surface area (Å²) in [5.41, 5.74) is 0. The zero-order valence-corrected chi connectivity index (χ0v) is 10.8. The molecule has 0 amide bonds. The number of thiophene rings is 1. The van der Waals surface area contributed by atoms with Crippen LogP contribution in [0.1, 0.15) is 14.5 Å². The number of hydrogen-bond acceptors (Lipinski definition) is 3. The molecule has 18 heavy (non-hydrogen) atoms. The minimum absolute atomic E-state index is 0.196. The summed E-state index contributed by atoms with van der Waals surface area (Å²) in [4.78, 5) is 12.0. The van der Waals surface area contributed by atoms with Gasteiger partial charge in [-0.05, 0) is 30.3 Å². The first kappa shape index (κ1) is 12.9. The van der Waals surface area contributed by atoms with Gasteiger partial charge in [0.15, 0.2) is 0 Å². The van der Waals surface area contributed by atoms with Crippen LogP contribution in [0.5, 0.6) is 0 Å². The lowest BCUT2D eigenvalue weighted by atomic mass is 10.4. The quantitative estimate of drug-likeness (QED) is 0.939. The van der Waals surface area contributed by atoms with Gasteiger partial charge in [0.1, 0.15) is 10.7 Å². The molecule has 2 rings (SSSR count). The van der Waals surface area contributed by atoms with Gasteiger partial charge in [-0.3, -0.25) is 4.21 Å². The van der Waals surface area contributed by atoms with Gasteiger partial charge in [-0.25, -0.2) is 9.18 Å². The van der Waals surface area contributed by atoms with Crippen LogP contribution < -0.4 is 0 Å². The maximum Gasteiger partial charge on any atom is 0.345 e. The second-order valence-electron chi connectivity index (χ2n) is 3.52. The highest BCUT2D eigenvalue weighted by molar-refractivity contribution is 7.84. The molecule has 94 valence electrons. The number of benzene rings is 1. The van der Waals surface area contributed by atoms with Crippen LogP contribution in [-0.2, 0) is 16.6 Å². The van der Waals surface area contributed by atoms with Crippen molar-refractivity contribution in [1.82, 2.24) is 0 Å². The molecule has 0 radical (unpaired) electrons. The van der Waals surface area contributed by atoms with E-state index in [0.29, 0.717) is 9.77 Å². The number of carbonyl (C=O) groups is 1. The highest BCUT2D eigenvalue weighted by atomic mass is 32.2. The van der Waals surface area contributed by atoms with E-state index in [2.05, 4.69) is 0 Å². The van der Waals surface area contributed by atoms with Crippen LogP contribution in [0.15, 0.2) is 41.3 Å². The fourth-order valence-corrected chi connectivity index (χ4v) is 3.59. The Hall–Kier alpha value is -1.53. The molecule has 0 saturated carbocycles. The standard InChI is InChI=1S/C12H9FO3S2/c13-8-2-1-3-10(6-8)18(16)7-9-4-5-11(17-9)12(14)15/h1-6H,7H2,(H,14,15). The van der Waals surface area contributed by atoms with Crippen LogP contribution in [0.3, 0.4) is 0 Å². The Morgan fingerprint density at radius 1 is 1.33 bits per heavy atom. The summed E-state index contributed by atoms with van der Waals surface area (Å²) in [6.07, 6.45) is 0. The Morgan fingerprint density at radius 2 is 2.11 bits per heavy atom. The molecule has 0 saturated heterocycles. The van der Waals surface area contributed by atoms with Gasteiger partial charge in [-0.2, -0.15) is 0 Å². The summed E-state index contributed by atoms with van der Waals surface area (Å²) in [5.74, 6) is -1.23. The Balaban J connectivity index is 2.13. The first-order chi connectivity index (χ1) is 8.56. The molecule has 0 aliphatic carbocycles. The second kappa shape index (κ2) is 5.41. The van der Waals surface area contributed by atoms with Crippen LogP contribution in [0.25, 0.3) is 0 Å². The molecule has 1 unspecified atom stereocenters. The largest absolute Gasteiger partial charge is 0.477 e. The van der Waals surface area contributed by atoms with E-state index in [1.54, 1.807) is 12.1 Å². The molecule has 1 atom stereocenters. The highest BCUT2D eigenvalue weighted by Gasteiger charge is 2.11. The monoisotopic (exact) mass is 284 g/mol. The van der Waals surface area contributed by atoms with E-state index >= 15 is 0 Å². The molecule has 0 bridgehead atoms. The smallest absolute Gasteiger partial charge is 0.345 e. The molecular formula is C12H9FO3S2. The van der Waals surface area contributed by atoms with Crippen molar-refractivity contribution in [3.05, 3.63) is 52.0 Å². The molecule has 0 spiro atoms. The van der Waals surface area contributed by atoms with Crippen molar-refractivity contribution in [2.24, 2.45) is 0 Å². The average molecular weight is 284 g/mol. The van der Waals surface area contributed by atoms with Gasteiger partial charge in [0.05, 0.1) is 16.6 Å². The van der Waals surface area contributed by atoms with Crippen LogP contribution >= 0.6 is 11.3 Å². The van der Waals surface area contributed by atoms with Gasteiger partial charge < -0.3 is 5.11 Å². The molecular weight excluding hydrogens is 275 g/mol. The molecule has 1 N–H and O–H groups in total. The van der Waals surface area contributed by atoms with Crippen LogP contribution in [0.2, 0.25) is 0 Å². The third-order valence-electron chi connectivity index (χ3n) is 2.20. The van der Waals surface area contributed by atoms with Gasteiger partial charge in [0, 0.05) is 9.77 Å². The lowest BCUT2D eigenvalue weighted by Gasteiger charge is -2.00. The van der Waals surface area contributed by atoms with E-state index in [1.165, 1.54) is 24.3 Å². The zero-order valence-electron chi connectivity index (χ0n) is 9.13. The van der Waals surface area contributed by atoms with Gasteiger partial charge in [0.2, 0.25) is 0 Å². The van der Waals surface area contributed by atoms with Gasteiger partial charge in [0.25, 0.3) is 0 Å². The SMILES string of the molecule is O=C(O)c1ccc(CS(=O)c2cccc(F)c2)s1. The molecule has 0 aliphatic rings. The van der Waals surface area contributed by atoms with Crippen molar-refractivity contribution in [1.29, 1.82) is 0 Å². The predicted molar refractivity (Wildman–Crippen MR) is 67.8 cm³/mol. The van der Waals surface area contributed by atoms with Crippen molar-refractivity contribution < 1.29 is 18.5 Å². The Labute approximate surface area is 109 Å². The molecule has 1 heterocycles. The maximum absolute atomic E-state index is 13.0. The van der Waals surface area contributed by atoms with Crippen molar-refractivity contribution in [2.75, 3.05) is 0 Å². The molecule has 0 aliphatic heterocycles. The fourth-order valence-electron chi connectivity index (χ4n) is 1.39. The third kappa shape index (κ3) is 3.02. The van der Waals surface area contributed by atoms with Crippen molar-refractivity contribution in [3.8, 4) is 0 Å². The van der Waals surface area contributed by atoms with Crippen molar-refractivity contribution in [3.63, 3.8) is 0 Å². The van der Waals surface area contributed by atoms with Crippen molar-refractivity contribution >= 4 is 28.1 Å². The van der Waals surface area contributed by atoms with E-state index < -0.39 is 22.6 Å². The minimum atomic E-state index is -1.37. The summed E-state index contributed by atoms with van der Waals surface area (Å²) in [7, 11) is -1.37. The first-order valence-electron chi connectivity index (χ1n) is 5.02. The minimum Gasteiger partial charge on any atom is -0.477 e. The lowest BCUT2D eigenvalue weighted by Crippen LogP contribution is -1.95. The molecule has 0 fully saturated rings. The normalized spacial score (nSPS) is 12.3. The van der Waals surface area contributed by atoms with E-state index in [9.17, 15) is 13.4 Å². The van der Waals surface area contributed by atoms with Gasteiger partial charge >= 0.3 is 5.97 Å². The molecule has 6 heteroatoms. The molecule has 1 aromatic heterocycles. The molecule has 1 aromatic carbocycles. The topological polar surface area (TPSA) is 54.4 Å². The van der Waals surface area contributed by atoms with Crippen molar-refractivity contribution in [2.45, 2.75) is 10.6 Å². The van der Waals surface area contributed by atoms with E-state index in [0.717, 1.165) is 11.3 Å². The average Bonchev–Trinajstić information content (AvgIpc) is 2.77. The fraction of sp³-hybridized carbons (Fsp3) is 0.0833. The predicted octanol–water partition coefficient (Wildman–Crippen LogP) is 2.89. The number of carboxylic acid groups (broad SMARTS) is 1. The zero-order chi connectivity index (χ0) is 13.1. The number of rotatable bonds is 4. The number of halogens is 1. The third-order valence-corrected chi connectivity index (χ3v) is 4.81. The highest BCUT2D eigenvalue weighted by Crippen LogP contribution is 2.20. The number of aromatic carboxylic acids is 1. The summed E-state index contributed by atoms with van der Waals surface area (Å²) >= 11 is 1.08. The number of hydrogen-bond donors (Lipinski definition) is 1. The molecule has 2 aromatic rings. The summed E-state index contributed by atoms with van der Waals surface area (Å²) < 4.78 is 24.9. The maximum atomic E-state index is 13.0. The summed E-state index contributed by atoms with van der Waals surface area (Å²) in [6, 6.07) is 8.71. The van der Waals surface area contributed by atoms with Gasteiger partial charge in [-0.1, -0.05) is 6.07 Å². The van der Waals surface area contributed by atoms with E-state index in [-0.39, 0.29) is 10.6 Å². The first-order valence-corrected chi connectivity index (χ1v) is 7.16. The van der Waals surface area contributed by atoms with E-state index in [4.69, 9.17) is 5.11 Å². The Bertz CT molecular complexity index is 607. The Kier molecular flexibility index (Phi) is 3.88. The Morgan fingerprint density at radius 3 is 2.72 bits per heavy atom. The lowest BCUT2D eigenvalue weighted by molar-refractivity contribution is 0.0702. The summed E-state index contributed by atoms with van der Waals surface area (Å²) in [6.45, 7) is 0. The van der Waals surface area contributed by atoms with Crippen LogP contribution in [-0.4, -0.2) is 15.3 Å². The molecule has 3 nitrogen and oxygen atoms in total. The van der Waals surface area contributed by atoms with Crippen LogP contribution in [0.4, 0.5) is 4.39 Å². The van der Waals surface area contributed by atoms with Gasteiger partial charge in [-0.15, -0.1) is 11.3 Å².